The van der Waals surface area contributed by atoms with Crippen molar-refractivity contribution in [3.05, 3.63) is 45.3 Å². The molecule has 0 spiro atoms. The van der Waals surface area contributed by atoms with Gasteiger partial charge >= 0.3 is 0 Å². The van der Waals surface area contributed by atoms with Crippen molar-refractivity contribution < 1.29 is 9.21 Å². The molecule has 1 N–H and O–H groups in total. The number of aryl methyl sites for hydroxylation is 2. The van der Waals surface area contributed by atoms with Crippen LogP contribution < -0.4 is 5.32 Å². The molecule has 0 bridgehead atoms. The third kappa shape index (κ3) is 4.27. The number of nitrogens with one attached hydrogen (secondary N) is 1. The summed E-state index contributed by atoms with van der Waals surface area (Å²) in [6.07, 6.45) is 2.97. The lowest BCUT2D eigenvalue weighted by molar-refractivity contribution is -0.113. The molecule has 1 atom stereocenters. The molecule has 0 fully saturated rings. The van der Waals surface area contributed by atoms with Crippen LogP contribution in [0.1, 0.15) is 40.5 Å². The summed E-state index contributed by atoms with van der Waals surface area (Å²) in [7, 11) is 0. The van der Waals surface area contributed by atoms with Crippen molar-refractivity contribution in [1.82, 2.24) is 10.2 Å². The fraction of sp³-hybridized carbons (Fsp3) is 0.364. The maximum absolute atomic E-state index is 12.5. The minimum Gasteiger partial charge on any atom is -0.411 e. The summed E-state index contributed by atoms with van der Waals surface area (Å²) in [6, 6.07) is 8.24. The van der Waals surface area contributed by atoms with Gasteiger partial charge in [0.2, 0.25) is 11.8 Å². The molecule has 4 rings (SSSR count). The van der Waals surface area contributed by atoms with Gasteiger partial charge in [-0.3, -0.25) is 4.79 Å². The molecule has 30 heavy (non-hydrogen) atoms. The average molecular weight is 439 g/mol. The number of nitrogens with zero attached hydrogens (tertiary/aromatic N) is 3. The molecule has 2 aromatic heterocycles. The van der Waals surface area contributed by atoms with Crippen molar-refractivity contribution in [2.24, 2.45) is 5.92 Å². The minimum atomic E-state index is -0.186. The fourth-order valence-corrected chi connectivity index (χ4v) is 5.45. The van der Waals surface area contributed by atoms with Crippen molar-refractivity contribution in [3.63, 3.8) is 0 Å². The van der Waals surface area contributed by atoms with E-state index < -0.39 is 0 Å². The molecule has 0 radical (unpaired) electrons. The van der Waals surface area contributed by atoms with Crippen LogP contribution in [0.2, 0.25) is 0 Å². The predicted octanol–water partition coefficient (Wildman–Crippen LogP) is 5.14. The maximum Gasteiger partial charge on any atom is 0.277 e. The first kappa shape index (κ1) is 20.6. The van der Waals surface area contributed by atoms with E-state index in [0.29, 0.717) is 27.6 Å². The van der Waals surface area contributed by atoms with E-state index in [4.69, 9.17) is 4.42 Å². The van der Waals surface area contributed by atoms with Gasteiger partial charge < -0.3 is 9.73 Å². The van der Waals surface area contributed by atoms with Gasteiger partial charge in [-0.2, -0.15) is 5.26 Å². The van der Waals surface area contributed by atoms with E-state index in [1.54, 1.807) is 0 Å². The highest BCUT2D eigenvalue weighted by Gasteiger charge is 2.24. The first-order valence-corrected chi connectivity index (χ1v) is 11.6. The van der Waals surface area contributed by atoms with Gasteiger partial charge in [0, 0.05) is 10.4 Å². The molecule has 1 amide bonds. The number of benzene rings is 1. The number of amides is 1. The molecule has 0 saturated heterocycles. The number of aromatic nitrogens is 2. The van der Waals surface area contributed by atoms with Crippen LogP contribution in [-0.2, 0) is 17.6 Å². The topological polar surface area (TPSA) is 91.8 Å². The zero-order valence-electron chi connectivity index (χ0n) is 17.1. The quantitative estimate of drug-likeness (QED) is 0.554. The van der Waals surface area contributed by atoms with Crippen LogP contribution in [-0.4, -0.2) is 21.9 Å². The Hall–Kier alpha value is -2.63. The molecule has 1 aliphatic carbocycles. The predicted molar refractivity (Wildman–Crippen MR) is 119 cm³/mol. The Labute approximate surface area is 183 Å². The number of hydrogen-bond acceptors (Lipinski definition) is 7. The second-order valence-corrected chi connectivity index (χ2v) is 9.71. The highest BCUT2D eigenvalue weighted by atomic mass is 32.2. The van der Waals surface area contributed by atoms with Gasteiger partial charge in [-0.15, -0.1) is 21.5 Å². The summed E-state index contributed by atoms with van der Waals surface area (Å²) < 4.78 is 5.70. The highest BCUT2D eigenvalue weighted by Crippen LogP contribution is 2.39. The number of carbonyl (C=O) groups excluding carboxylic acids is 1. The lowest BCUT2D eigenvalue weighted by Gasteiger charge is -2.17. The van der Waals surface area contributed by atoms with E-state index in [0.717, 1.165) is 36.0 Å². The SMILES string of the molecule is Cc1ccc(-c2nnc(SCC(=O)Nc3sc4c(c3C#N)CCC(C)C4)o2)cc1C. The van der Waals surface area contributed by atoms with Crippen LogP contribution >= 0.6 is 23.1 Å². The van der Waals surface area contributed by atoms with Crippen molar-refractivity contribution in [2.75, 3.05) is 11.1 Å². The van der Waals surface area contributed by atoms with Crippen LogP contribution in [0.4, 0.5) is 5.00 Å². The summed E-state index contributed by atoms with van der Waals surface area (Å²) >= 11 is 2.72. The summed E-state index contributed by atoms with van der Waals surface area (Å²) in [5.41, 5.74) is 4.94. The van der Waals surface area contributed by atoms with Gasteiger partial charge in [-0.25, -0.2) is 0 Å². The summed E-state index contributed by atoms with van der Waals surface area (Å²) in [5, 5.41) is 21.6. The number of thioether (sulfide) groups is 1. The second-order valence-electron chi connectivity index (χ2n) is 7.68. The molecule has 1 aliphatic rings. The van der Waals surface area contributed by atoms with E-state index >= 15 is 0 Å². The standard InChI is InChI=1S/C22H22N4O2S2/c1-12-4-7-16-17(10-23)21(30-18(16)8-12)24-19(27)11-29-22-26-25-20(28-22)15-6-5-13(2)14(3)9-15/h5-6,9,12H,4,7-8,11H2,1-3H3,(H,24,27). The normalized spacial score (nSPS) is 15.5. The number of anilines is 1. The van der Waals surface area contributed by atoms with Crippen molar-refractivity contribution in [3.8, 4) is 17.5 Å². The number of carbonyl (C=O) groups is 1. The number of hydrogen-bond donors (Lipinski definition) is 1. The average Bonchev–Trinajstić information content (AvgIpc) is 3.32. The fourth-order valence-electron chi connectivity index (χ4n) is 3.51. The van der Waals surface area contributed by atoms with Gasteiger partial charge in [0.25, 0.3) is 5.22 Å². The van der Waals surface area contributed by atoms with Gasteiger partial charge in [0.15, 0.2) is 0 Å². The Morgan fingerprint density at radius 1 is 1.37 bits per heavy atom. The molecule has 8 heteroatoms. The molecule has 154 valence electrons. The van der Waals surface area contributed by atoms with Crippen molar-refractivity contribution in [1.29, 1.82) is 5.26 Å². The molecule has 1 unspecified atom stereocenters. The van der Waals surface area contributed by atoms with E-state index in [9.17, 15) is 10.1 Å². The Morgan fingerprint density at radius 2 is 2.20 bits per heavy atom. The van der Waals surface area contributed by atoms with Crippen LogP contribution in [0.25, 0.3) is 11.5 Å². The van der Waals surface area contributed by atoms with Crippen LogP contribution in [0, 0.1) is 31.1 Å². The number of rotatable bonds is 5. The van der Waals surface area contributed by atoms with Crippen molar-refractivity contribution >= 4 is 34.0 Å². The van der Waals surface area contributed by atoms with Crippen LogP contribution in [0.5, 0.6) is 0 Å². The monoisotopic (exact) mass is 438 g/mol. The zero-order valence-corrected chi connectivity index (χ0v) is 18.7. The van der Waals surface area contributed by atoms with E-state index in [1.807, 2.05) is 25.1 Å². The number of nitriles is 1. The van der Waals surface area contributed by atoms with Gasteiger partial charge in [-0.05, 0) is 67.9 Å². The third-order valence-corrected chi connectivity index (χ3v) is 7.35. The first-order valence-electron chi connectivity index (χ1n) is 9.83. The Bertz CT molecular complexity index is 1140. The van der Waals surface area contributed by atoms with Crippen LogP contribution in [0.3, 0.4) is 0 Å². The second kappa shape index (κ2) is 8.62. The molecule has 0 aliphatic heterocycles. The first-order chi connectivity index (χ1) is 14.4. The van der Waals surface area contributed by atoms with Gasteiger partial charge in [0.1, 0.15) is 11.1 Å². The highest BCUT2D eigenvalue weighted by molar-refractivity contribution is 7.99. The van der Waals surface area contributed by atoms with Gasteiger partial charge in [-0.1, -0.05) is 24.8 Å². The molecule has 3 aromatic rings. The zero-order chi connectivity index (χ0) is 21.3. The lowest BCUT2D eigenvalue weighted by atomic mass is 9.89. The largest absolute Gasteiger partial charge is 0.411 e. The number of thiophene rings is 1. The molecule has 0 saturated carbocycles. The van der Waals surface area contributed by atoms with E-state index in [2.05, 4.69) is 35.4 Å². The molecular weight excluding hydrogens is 416 g/mol. The molecule has 2 heterocycles. The minimum absolute atomic E-state index is 0.137. The third-order valence-electron chi connectivity index (χ3n) is 5.36. The maximum atomic E-state index is 12.5. The molecular formula is C22H22N4O2S2. The van der Waals surface area contributed by atoms with Crippen LogP contribution in [0.15, 0.2) is 27.8 Å². The summed E-state index contributed by atoms with van der Waals surface area (Å²) in [6.45, 7) is 6.31. The number of fused-ring (bicyclic) bond motifs is 1. The smallest absolute Gasteiger partial charge is 0.277 e. The van der Waals surface area contributed by atoms with E-state index in [1.165, 1.54) is 33.5 Å². The molecule has 1 aromatic carbocycles. The summed E-state index contributed by atoms with van der Waals surface area (Å²) in [4.78, 5) is 13.7. The lowest BCUT2D eigenvalue weighted by Crippen LogP contribution is -2.14. The Kier molecular flexibility index (Phi) is 5.93. The Balaban J connectivity index is 1.40. The Morgan fingerprint density at radius 3 is 2.97 bits per heavy atom. The molecule has 6 nitrogen and oxygen atoms in total. The van der Waals surface area contributed by atoms with Crippen molar-refractivity contribution in [2.45, 2.75) is 45.3 Å². The van der Waals surface area contributed by atoms with Gasteiger partial charge in [0.05, 0.1) is 11.3 Å². The van der Waals surface area contributed by atoms with E-state index in [-0.39, 0.29) is 11.7 Å². The summed E-state index contributed by atoms with van der Waals surface area (Å²) in [5.74, 6) is 1.01.